The standard InChI is InChI=1S/C13H16O3/c1-3-15-12(10-13(14)16-4-2)11-8-6-5-7-9-11/h5-10H,3-4H2,1-2H3/b12-10-. The van der Waals surface area contributed by atoms with Gasteiger partial charge in [0, 0.05) is 5.56 Å². The Hall–Kier alpha value is -1.77. The number of esters is 1. The van der Waals surface area contributed by atoms with Gasteiger partial charge in [0.2, 0.25) is 0 Å². The number of ether oxygens (including phenoxy) is 2. The first kappa shape index (κ1) is 12.3. The number of rotatable bonds is 5. The summed E-state index contributed by atoms with van der Waals surface area (Å²) in [5, 5.41) is 0. The van der Waals surface area contributed by atoms with E-state index in [-0.39, 0.29) is 5.97 Å². The number of carbonyl (C=O) groups is 1. The van der Waals surface area contributed by atoms with Crippen LogP contribution in [0, 0.1) is 0 Å². The van der Waals surface area contributed by atoms with Crippen LogP contribution < -0.4 is 0 Å². The van der Waals surface area contributed by atoms with E-state index in [1.54, 1.807) is 6.92 Å². The Bertz CT molecular complexity index is 355. The summed E-state index contributed by atoms with van der Waals surface area (Å²) in [5.41, 5.74) is 0.873. The molecule has 0 N–H and O–H groups in total. The van der Waals surface area contributed by atoms with Crippen molar-refractivity contribution >= 4 is 11.7 Å². The molecule has 1 rings (SSSR count). The molecule has 0 fully saturated rings. The molecule has 0 aliphatic heterocycles. The number of carbonyl (C=O) groups excluding carboxylic acids is 1. The maximum absolute atomic E-state index is 11.3. The molecule has 0 radical (unpaired) electrons. The van der Waals surface area contributed by atoms with Gasteiger partial charge in [-0.25, -0.2) is 4.79 Å². The van der Waals surface area contributed by atoms with Crippen LogP contribution >= 0.6 is 0 Å². The van der Waals surface area contributed by atoms with E-state index in [9.17, 15) is 4.79 Å². The van der Waals surface area contributed by atoms with Gasteiger partial charge in [-0.2, -0.15) is 0 Å². The predicted molar refractivity (Wildman–Crippen MR) is 62.7 cm³/mol. The minimum absolute atomic E-state index is 0.365. The predicted octanol–water partition coefficient (Wildman–Crippen LogP) is 2.63. The molecule has 0 saturated carbocycles. The van der Waals surface area contributed by atoms with Crippen molar-refractivity contribution in [3.8, 4) is 0 Å². The third-order valence-corrected chi connectivity index (χ3v) is 1.89. The van der Waals surface area contributed by atoms with Crippen LogP contribution in [-0.4, -0.2) is 19.2 Å². The zero-order chi connectivity index (χ0) is 11.8. The lowest BCUT2D eigenvalue weighted by Gasteiger charge is -2.08. The summed E-state index contributed by atoms with van der Waals surface area (Å²) in [5.74, 6) is 0.163. The summed E-state index contributed by atoms with van der Waals surface area (Å²) in [7, 11) is 0. The molecule has 0 bridgehead atoms. The van der Waals surface area contributed by atoms with Gasteiger partial charge in [0.15, 0.2) is 0 Å². The molecule has 0 aliphatic carbocycles. The SMILES string of the molecule is CCOC(=O)/C=C(\OCC)c1ccccc1. The van der Waals surface area contributed by atoms with Crippen LogP contribution in [0.1, 0.15) is 19.4 Å². The molecular formula is C13H16O3. The first-order chi connectivity index (χ1) is 7.77. The maximum atomic E-state index is 11.3. The molecule has 0 aromatic heterocycles. The lowest BCUT2D eigenvalue weighted by Crippen LogP contribution is -2.02. The molecule has 1 aromatic rings. The summed E-state index contributed by atoms with van der Waals surface area (Å²) in [6, 6.07) is 9.49. The molecule has 0 atom stereocenters. The summed E-state index contributed by atoms with van der Waals surface area (Å²) in [6.07, 6.45) is 1.38. The van der Waals surface area contributed by atoms with Crippen LogP contribution in [-0.2, 0) is 14.3 Å². The van der Waals surface area contributed by atoms with Gasteiger partial charge in [0.1, 0.15) is 5.76 Å². The molecule has 1 aromatic carbocycles. The second-order valence-corrected chi connectivity index (χ2v) is 3.06. The maximum Gasteiger partial charge on any atom is 0.334 e. The molecule has 16 heavy (non-hydrogen) atoms. The summed E-state index contributed by atoms with van der Waals surface area (Å²) < 4.78 is 10.3. The van der Waals surface area contributed by atoms with Gasteiger partial charge >= 0.3 is 5.97 Å². The molecule has 3 nitrogen and oxygen atoms in total. The Morgan fingerprint density at radius 1 is 1.12 bits per heavy atom. The molecule has 0 amide bonds. The average Bonchev–Trinajstić information content (AvgIpc) is 2.30. The van der Waals surface area contributed by atoms with Crippen LogP contribution in [0.3, 0.4) is 0 Å². The van der Waals surface area contributed by atoms with Crippen molar-refractivity contribution in [2.45, 2.75) is 13.8 Å². The minimum Gasteiger partial charge on any atom is -0.493 e. The topological polar surface area (TPSA) is 35.5 Å². The average molecular weight is 220 g/mol. The smallest absolute Gasteiger partial charge is 0.334 e. The Kier molecular flexibility index (Phi) is 5.12. The Morgan fingerprint density at radius 2 is 1.75 bits per heavy atom. The van der Waals surface area contributed by atoms with E-state index >= 15 is 0 Å². The molecule has 0 saturated heterocycles. The molecule has 0 aliphatic rings. The zero-order valence-electron chi connectivity index (χ0n) is 9.60. The van der Waals surface area contributed by atoms with Gasteiger partial charge in [0.05, 0.1) is 19.3 Å². The van der Waals surface area contributed by atoms with Crippen molar-refractivity contribution in [1.29, 1.82) is 0 Å². The molecular weight excluding hydrogens is 204 g/mol. The third-order valence-electron chi connectivity index (χ3n) is 1.89. The van der Waals surface area contributed by atoms with E-state index < -0.39 is 0 Å². The number of hydrogen-bond donors (Lipinski definition) is 0. The second-order valence-electron chi connectivity index (χ2n) is 3.06. The first-order valence-corrected chi connectivity index (χ1v) is 5.34. The highest BCUT2D eigenvalue weighted by molar-refractivity contribution is 5.89. The van der Waals surface area contributed by atoms with Crippen molar-refractivity contribution in [2.75, 3.05) is 13.2 Å². The van der Waals surface area contributed by atoms with Gasteiger partial charge < -0.3 is 9.47 Å². The van der Waals surface area contributed by atoms with E-state index in [1.807, 2.05) is 37.3 Å². The Morgan fingerprint density at radius 3 is 2.31 bits per heavy atom. The van der Waals surface area contributed by atoms with Gasteiger partial charge in [0.25, 0.3) is 0 Å². The van der Waals surface area contributed by atoms with Crippen molar-refractivity contribution in [3.05, 3.63) is 42.0 Å². The number of hydrogen-bond acceptors (Lipinski definition) is 3. The third kappa shape index (κ3) is 3.77. The van der Waals surface area contributed by atoms with Gasteiger partial charge in [-0.1, -0.05) is 30.3 Å². The molecule has 3 heteroatoms. The van der Waals surface area contributed by atoms with Crippen molar-refractivity contribution in [3.63, 3.8) is 0 Å². The lowest BCUT2D eigenvalue weighted by molar-refractivity contribution is -0.137. The minimum atomic E-state index is -0.380. The van der Waals surface area contributed by atoms with E-state index in [0.717, 1.165) is 5.56 Å². The molecule has 86 valence electrons. The van der Waals surface area contributed by atoms with Crippen LogP contribution in [0.15, 0.2) is 36.4 Å². The van der Waals surface area contributed by atoms with Crippen LogP contribution in [0.4, 0.5) is 0 Å². The Labute approximate surface area is 95.7 Å². The van der Waals surface area contributed by atoms with E-state index in [2.05, 4.69) is 0 Å². The highest BCUT2D eigenvalue weighted by Gasteiger charge is 2.05. The van der Waals surface area contributed by atoms with Crippen molar-refractivity contribution in [2.24, 2.45) is 0 Å². The highest BCUT2D eigenvalue weighted by Crippen LogP contribution is 2.15. The van der Waals surface area contributed by atoms with Crippen LogP contribution in [0.25, 0.3) is 5.76 Å². The molecule has 0 spiro atoms. The van der Waals surface area contributed by atoms with Crippen molar-refractivity contribution < 1.29 is 14.3 Å². The van der Waals surface area contributed by atoms with Gasteiger partial charge in [-0.15, -0.1) is 0 Å². The normalized spacial score (nSPS) is 11.0. The quantitative estimate of drug-likeness (QED) is 0.434. The Balaban J connectivity index is 2.86. The summed E-state index contributed by atoms with van der Waals surface area (Å²) in [4.78, 5) is 11.3. The van der Waals surface area contributed by atoms with E-state index in [0.29, 0.717) is 19.0 Å². The number of benzene rings is 1. The van der Waals surface area contributed by atoms with Crippen LogP contribution in [0.2, 0.25) is 0 Å². The highest BCUT2D eigenvalue weighted by atomic mass is 16.5. The molecule has 0 unspecified atom stereocenters. The van der Waals surface area contributed by atoms with E-state index in [1.165, 1.54) is 6.08 Å². The van der Waals surface area contributed by atoms with E-state index in [4.69, 9.17) is 9.47 Å². The fourth-order valence-corrected chi connectivity index (χ4v) is 1.26. The first-order valence-electron chi connectivity index (χ1n) is 5.34. The lowest BCUT2D eigenvalue weighted by atomic mass is 10.2. The fourth-order valence-electron chi connectivity index (χ4n) is 1.26. The van der Waals surface area contributed by atoms with Gasteiger partial charge in [-0.05, 0) is 13.8 Å². The summed E-state index contributed by atoms with van der Waals surface area (Å²) in [6.45, 7) is 4.53. The van der Waals surface area contributed by atoms with Crippen molar-refractivity contribution in [1.82, 2.24) is 0 Å². The zero-order valence-corrected chi connectivity index (χ0v) is 9.60. The second kappa shape index (κ2) is 6.67. The monoisotopic (exact) mass is 220 g/mol. The largest absolute Gasteiger partial charge is 0.493 e. The summed E-state index contributed by atoms with van der Waals surface area (Å²) >= 11 is 0. The molecule has 0 heterocycles. The van der Waals surface area contributed by atoms with Gasteiger partial charge in [-0.3, -0.25) is 0 Å². The fraction of sp³-hybridized carbons (Fsp3) is 0.308. The van der Waals surface area contributed by atoms with Crippen LogP contribution in [0.5, 0.6) is 0 Å².